The molecule has 0 aromatic heterocycles. The molecule has 0 bridgehead atoms. The van der Waals surface area contributed by atoms with Crippen LogP contribution in [0.3, 0.4) is 0 Å². The summed E-state index contributed by atoms with van der Waals surface area (Å²) in [6.07, 6.45) is 1.71. The van der Waals surface area contributed by atoms with Gasteiger partial charge < -0.3 is 18.9 Å². The van der Waals surface area contributed by atoms with Crippen LogP contribution in [-0.4, -0.2) is 12.6 Å². The third-order valence-corrected chi connectivity index (χ3v) is 4.99. The number of carbonyl (C=O) groups excluding carboxylic acids is 1. The number of aryl methyl sites for hydroxylation is 1. The molecule has 0 fully saturated rings. The van der Waals surface area contributed by atoms with Crippen LogP contribution in [0.4, 0.5) is 0 Å². The molecule has 0 radical (unpaired) electrons. The van der Waals surface area contributed by atoms with Gasteiger partial charge in [0.1, 0.15) is 18.1 Å². The van der Waals surface area contributed by atoms with Gasteiger partial charge in [0.05, 0.1) is 5.56 Å². The van der Waals surface area contributed by atoms with Crippen LogP contribution in [0.2, 0.25) is 0 Å². The molecule has 144 valence electrons. The number of ketones is 1. The van der Waals surface area contributed by atoms with E-state index >= 15 is 0 Å². The molecular weight excluding hydrogens is 368 g/mol. The average Bonchev–Trinajstić information content (AvgIpc) is 3.31. The molecule has 5 heteroatoms. The van der Waals surface area contributed by atoms with Crippen molar-refractivity contribution in [3.05, 3.63) is 88.7 Å². The Morgan fingerprint density at radius 3 is 2.72 bits per heavy atom. The summed E-state index contributed by atoms with van der Waals surface area (Å²) < 4.78 is 22.4. The molecule has 0 N–H and O–H groups in total. The van der Waals surface area contributed by atoms with Crippen LogP contribution in [0.25, 0.3) is 6.08 Å². The van der Waals surface area contributed by atoms with Gasteiger partial charge in [-0.2, -0.15) is 0 Å². The second-order valence-electron chi connectivity index (χ2n) is 6.93. The molecule has 3 aromatic rings. The maximum absolute atomic E-state index is 12.7. The van der Waals surface area contributed by atoms with Gasteiger partial charge in [-0.05, 0) is 54.0 Å². The molecule has 3 aromatic carbocycles. The average molecular weight is 386 g/mol. The molecule has 0 saturated heterocycles. The minimum absolute atomic E-state index is 0.150. The third kappa shape index (κ3) is 3.31. The minimum Gasteiger partial charge on any atom is -0.489 e. The van der Waals surface area contributed by atoms with Gasteiger partial charge in [0.2, 0.25) is 12.6 Å². The number of hydrogen-bond donors (Lipinski definition) is 0. The molecule has 2 aliphatic heterocycles. The van der Waals surface area contributed by atoms with Crippen molar-refractivity contribution in [1.82, 2.24) is 0 Å². The maximum atomic E-state index is 12.7. The number of ether oxygens (including phenoxy) is 4. The molecule has 0 aliphatic carbocycles. The Morgan fingerprint density at radius 1 is 0.966 bits per heavy atom. The van der Waals surface area contributed by atoms with E-state index in [1.807, 2.05) is 36.4 Å². The van der Waals surface area contributed by atoms with E-state index in [2.05, 4.69) is 13.0 Å². The Morgan fingerprint density at radius 2 is 1.83 bits per heavy atom. The highest BCUT2D eigenvalue weighted by molar-refractivity contribution is 6.14. The fourth-order valence-corrected chi connectivity index (χ4v) is 3.34. The van der Waals surface area contributed by atoms with E-state index in [1.165, 1.54) is 5.56 Å². The molecule has 2 heterocycles. The van der Waals surface area contributed by atoms with Gasteiger partial charge in [-0.3, -0.25) is 4.79 Å². The lowest BCUT2D eigenvalue weighted by Gasteiger charge is -2.09. The summed E-state index contributed by atoms with van der Waals surface area (Å²) in [5.74, 6) is 2.64. The largest absolute Gasteiger partial charge is 0.489 e. The summed E-state index contributed by atoms with van der Waals surface area (Å²) in [7, 11) is 0. The van der Waals surface area contributed by atoms with Crippen LogP contribution in [0.5, 0.6) is 23.0 Å². The van der Waals surface area contributed by atoms with Crippen molar-refractivity contribution < 1.29 is 23.7 Å². The standard InChI is InChI=1S/C24H18O5/c1-15-4-2-3-5-17(15)13-26-18-7-8-19-21(12-18)29-23(24(19)25)11-16-6-9-20-22(10-16)28-14-27-20/h2-12H,13-14H2,1H3. The van der Waals surface area contributed by atoms with E-state index in [0.29, 0.717) is 35.2 Å². The Balaban J connectivity index is 1.35. The second kappa shape index (κ2) is 7.02. The number of fused-ring (bicyclic) bond motifs is 2. The normalized spacial score (nSPS) is 15.3. The molecule has 5 nitrogen and oxygen atoms in total. The fraction of sp³-hybridized carbons (Fsp3) is 0.125. The SMILES string of the molecule is Cc1ccccc1COc1ccc2c(c1)OC(=Cc1ccc3c(c1)OCO3)C2=O. The molecule has 0 spiro atoms. The van der Waals surface area contributed by atoms with Crippen LogP contribution in [0.15, 0.2) is 66.4 Å². The van der Waals surface area contributed by atoms with Gasteiger partial charge in [0.25, 0.3) is 0 Å². The smallest absolute Gasteiger partial charge is 0.231 e. The number of Topliss-reactive ketones (excluding diaryl/α,β-unsaturated/α-hetero) is 1. The molecule has 5 rings (SSSR count). The Kier molecular flexibility index (Phi) is 4.21. The van der Waals surface area contributed by atoms with E-state index in [1.54, 1.807) is 24.3 Å². The van der Waals surface area contributed by atoms with E-state index < -0.39 is 0 Å². The molecule has 29 heavy (non-hydrogen) atoms. The zero-order valence-electron chi connectivity index (χ0n) is 15.8. The Labute approximate surface area is 168 Å². The van der Waals surface area contributed by atoms with Crippen LogP contribution in [-0.2, 0) is 6.61 Å². The van der Waals surface area contributed by atoms with Gasteiger partial charge in [0, 0.05) is 6.07 Å². The molecule has 0 saturated carbocycles. The lowest BCUT2D eigenvalue weighted by molar-refractivity contribution is 0.101. The van der Waals surface area contributed by atoms with Gasteiger partial charge in [0.15, 0.2) is 17.3 Å². The highest BCUT2D eigenvalue weighted by atomic mass is 16.7. The fourth-order valence-electron chi connectivity index (χ4n) is 3.34. The first-order valence-electron chi connectivity index (χ1n) is 9.33. The minimum atomic E-state index is -0.150. The van der Waals surface area contributed by atoms with Gasteiger partial charge in [-0.1, -0.05) is 30.3 Å². The van der Waals surface area contributed by atoms with Gasteiger partial charge in [-0.25, -0.2) is 0 Å². The van der Waals surface area contributed by atoms with Crippen molar-refractivity contribution in [3.8, 4) is 23.0 Å². The predicted octanol–water partition coefficient (Wildman–Crippen LogP) is 4.92. The van der Waals surface area contributed by atoms with E-state index in [4.69, 9.17) is 18.9 Å². The highest BCUT2D eigenvalue weighted by Crippen LogP contribution is 2.37. The zero-order chi connectivity index (χ0) is 19.8. The van der Waals surface area contributed by atoms with E-state index in [-0.39, 0.29) is 18.3 Å². The van der Waals surface area contributed by atoms with Crippen molar-refractivity contribution in [2.24, 2.45) is 0 Å². The highest BCUT2D eigenvalue weighted by Gasteiger charge is 2.28. The number of benzene rings is 3. The maximum Gasteiger partial charge on any atom is 0.231 e. The molecule has 2 aliphatic rings. The topological polar surface area (TPSA) is 54.0 Å². The second-order valence-corrected chi connectivity index (χ2v) is 6.93. The molecule has 0 atom stereocenters. The number of allylic oxidation sites excluding steroid dienone is 1. The van der Waals surface area contributed by atoms with Gasteiger partial charge >= 0.3 is 0 Å². The van der Waals surface area contributed by atoms with Crippen molar-refractivity contribution >= 4 is 11.9 Å². The van der Waals surface area contributed by atoms with Crippen LogP contribution in [0.1, 0.15) is 27.0 Å². The first kappa shape index (κ1) is 17.4. The van der Waals surface area contributed by atoms with Crippen molar-refractivity contribution in [1.29, 1.82) is 0 Å². The van der Waals surface area contributed by atoms with Crippen LogP contribution < -0.4 is 18.9 Å². The quantitative estimate of drug-likeness (QED) is 0.596. The summed E-state index contributed by atoms with van der Waals surface area (Å²) in [4.78, 5) is 12.7. The third-order valence-electron chi connectivity index (χ3n) is 4.99. The van der Waals surface area contributed by atoms with E-state index in [9.17, 15) is 4.79 Å². The summed E-state index contributed by atoms with van der Waals surface area (Å²) in [6, 6.07) is 18.9. The first-order valence-corrected chi connectivity index (χ1v) is 9.33. The summed E-state index contributed by atoms with van der Waals surface area (Å²) >= 11 is 0. The first-order chi connectivity index (χ1) is 14.2. The monoisotopic (exact) mass is 386 g/mol. The predicted molar refractivity (Wildman–Crippen MR) is 107 cm³/mol. The molecular formula is C24H18O5. The Hall–Kier alpha value is -3.73. The lowest BCUT2D eigenvalue weighted by atomic mass is 10.1. The van der Waals surface area contributed by atoms with Crippen molar-refractivity contribution in [2.45, 2.75) is 13.5 Å². The summed E-state index contributed by atoms with van der Waals surface area (Å²) in [5.41, 5.74) is 3.63. The van der Waals surface area contributed by atoms with Gasteiger partial charge in [-0.15, -0.1) is 0 Å². The van der Waals surface area contributed by atoms with Crippen molar-refractivity contribution in [3.63, 3.8) is 0 Å². The number of carbonyl (C=O) groups is 1. The summed E-state index contributed by atoms with van der Waals surface area (Å²) in [5, 5.41) is 0. The van der Waals surface area contributed by atoms with Crippen molar-refractivity contribution in [2.75, 3.05) is 6.79 Å². The zero-order valence-corrected chi connectivity index (χ0v) is 15.8. The number of rotatable bonds is 4. The van der Waals surface area contributed by atoms with E-state index in [0.717, 1.165) is 11.1 Å². The molecule has 0 amide bonds. The lowest BCUT2D eigenvalue weighted by Crippen LogP contribution is -1.98. The number of hydrogen-bond acceptors (Lipinski definition) is 5. The van der Waals surface area contributed by atoms with Crippen LogP contribution in [0, 0.1) is 6.92 Å². The molecule has 0 unspecified atom stereocenters. The summed E-state index contributed by atoms with van der Waals surface area (Å²) in [6.45, 7) is 2.72. The Bertz CT molecular complexity index is 1150. The van der Waals surface area contributed by atoms with Crippen LogP contribution >= 0.6 is 0 Å².